The van der Waals surface area contributed by atoms with E-state index < -0.39 is 0 Å². The zero-order chi connectivity index (χ0) is 25.4. The summed E-state index contributed by atoms with van der Waals surface area (Å²) in [6.07, 6.45) is 0.930. The number of rotatable bonds is 11. The summed E-state index contributed by atoms with van der Waals surface area (Å²) in [5.41, 5.74) is 1.30. The minimum atomic E-state index is -0.248. The third-order valence-corrected chi connectivity index (χ3v) is 6.48. The molecule has 1 heterocycles. The zero-order valence-electron chi connectivity index (χ0n) is 20.0. The lowest BCUT2D eigenvalue weighted by Gasteiger charge is -2.22. The number of aromatic nitrogens is 2. The lowest BCUT2D eigenvalue weighted by Crippen LogP contribution is -2.34. The van der Waals surface area contributed by atoms with Crippen LogP contribution >= 0.6 is 27.3 Å². The molecule has 0 radical (unpaired) electrons. The SMILES string of the molecule is CCCN(CCC(=O)Nc1nnc(-c2cc(OC)c(OC)c(OC)c2)s1)C(=O)c1ccc(Br)cc1. The number of halogens is 1. The summed E-state index contributed by atoms with van der Waals surface area (Å²) in [7, 11) is 4.61. The molecule has 3 aromatic rings. The summed E-state index contributed by atoms with van der Waals surface area (Å²) in [6.45, 7) is 2.85. The summed E-state index contributed by atoms with van der Waals surface area (Å²) in [6, 6.07) is 10.7. The fraction of sp³-hybridized carbons (Fsp3) is 0.333. The topological polar surface area (TPSA) is 103 Å². The highest BCUT2D eigenvalue weighted by molar-refractivity contribution is 9.10. The van der Waals surface area contributed by atoms with Crippen molar-refractivity contribution in [2.24, 2.45) is 0 Å². The Morgan fingerprint density at radius 3 is 2.23 bits per heavy atom. The molecule has 0 unspecified atom stereocenters. The Hall–Kier alpha value is -3.18. The molecule has 1 N–H and O–H groups in total. The van der Waals surface area contributed by atoms with E-state index in [9.17, 15) is 9.59 Å². The number of ether oxygens (including phenoxy) is 3. The third kappa shape index (κ3) is 6.70. The third-order valence-electron chi connectivity index (χ3n) is 5.06. The molecule has 11 heteroatoms. The van der Waals surface area contributed by atoms with Crippen molar-refractivity contribution in [3.05, 3.63) is 46.4 Å². The van der Waals surface area contributed by atoms with E-state index in [4.69, 9.17) is 14.2 Å². The van der Waals surface area contributed by atoms with Crippen molar-refractivity contribution in [3.8, 4) is 27.8 Å². The summed E-state index contributed by atoms with van der Waals surface area (Å²) >= 11 is 4.60. The number of nitrogens with zero attached hydrogens (tertiary/aromatic N) is 3. The van der Waals surface area contributed by atoms with Crippen molar-refractivity contribution in [1.29, 1.82) is 0 Å². The van der Waals surface area contributed by atoms with Crippen LogP contribution in [0.1, 0.15) is 30.1 Å². The molecule has 9 nitrogen and oxygen atoms in total. The molecule has 0 atom stereocenters. The summed E-state index contributed by atoms with van der Waals surface area (Å²) in [5.74, 6) is 1.12. The van der Waals surface area contributed by atoms with Crippen LogP contribution in [-0.4, -0.2) is 61.3 Å². The number of benzene rings is 2. The van der Waals surface area contributed by atoms with Crippen molar-refractivity contribution >= 4 is 44.2 Å². The van der Waals surface area contributed by atoms with Crippen molar-refractivity contribution in [2.75, 3.05) is 39.7 Å². The Bertz CT molecular complexity index is 1140. The molecular formula is C24H27BrN4O5S. The van der Waals surface area contributed by atoms with E-state index in [1.54, 1.807) is 29.2 Å². The van der Waals surface area contributed by atoms with Crippen LogP contribution < -0.4 is 19.5 Å². The van der Waals surface area contributed by atoms with Crippen molar-refractivity contribution in [2.45, 2.75) is 19.8 Å². The Labute approximate surface area is 216 Å². The Morgan fingerprint density at radius 1 is 1.00 bits per heavy atom. The quantitative estimate of drug-likeness (QED) is 0.355. The molecule has 2 aromatic carbocycles. The lowest BCUT2D eigenvalue weighted by molar-refractivity contribution is -0.116. The summed E-state index contributed by atoms with van der Waals surface area (Å²) in [5, 5.41) is 12.0. The van der Waals surface area contributed by atoms with Gasteiger partial charge in [0, 0.05) is 35.1 Å². The van der Waals surface area contributed by atoms with Gasteiger partial charge >= 0.3 is 0 Å². The van der Waals surface area contributed by atoms with Crippen LogP contribution in [0.2, 0.25) is 0 Å². The normalized spacial score (nSPS) is 10.5. The van der Waals surface area contributed by atoms with E-state index in [-0.39, 0.29) is 18.2 Å². The Morgan fingerprint density at radius 2 is 1.66 bits per heavy atom. The molecule has 0 saturated heterocycles. The number of carbonyl (C=O) groups is 2. The number of nitrogens with one attached hydrogen (secondary N) is 1. The molecule has 0 saturated carbocycles. The molecule has 0 spiro atoms. The van der Waals surface area contributed by atoms with E-state index in [1.807, 2.05) is 19.1 Å². The second-order valence-electron chi connectivity index (χ2n) is 7.42. The van der Waals surface area contributed by atoms with Gasteiger partial charge in [-0.05, 0) is 42.8 Å². The van der Waals surface area contributed by atoms with Gasteiger partial charge in [-0.25, -0.2) is 0 Å². The lowest BCUT2D eigenvalue weighted by atomic mass is 10.2. The van der Waals surface area contributed by atoms with Gasteiger partial charge in [-0.15, -0.1) is 10.2 Å². The molecular weight excluding hydrogens is 536 g/mol. The van der Waals surface area contributed by atoms with Gasteiger partial charge in [-0.1, -0.05) is 34.2 Å². The van der Waals surface area contributed by atoms with Crippen LogP contribution in [0.4, 0.5) is 5.13 Å². The molecule has 0 aliphatic carbocycles. The van der Waals surface area contributed by atoms with Gasteiger partial charge in [0.25, 0.3) is 5.91 Å². The standard InChI is InChI=1S/C24H27BrN4O5S/c1-5-11-29(23(31)15-6-8-17(25)9-7-15)12-10-20(30)26-24-28-27-22(35-24)16-13-18(32-2)21(34-4)19(14-16)33-3/h6-9,13-14H,5,10-12H2,1-4H3,(H,26,28,30). The fourth-order valence-corrected chi connectivity index (χ4v) is 4.38. The second kappa shape index (κ2) is 12.5. The maximum atomic E-state index is 12.9. The van der Waals surface area contributed by atoms with Crippen LogP contribution in [0.25, 0.3) is 10.6 Å². The van der Waals surface area contributed by atoms with Gasteiger partial charge in [0.15, 0.2) is 11.5 Å². The van der Waals surface area contributed by atoms with Crippen molar-refractivity contribution < 1.29 is 23.8 Å². The van der Waals surface area contributed by atoms with Crippen LogP contribution in [0.5, 0.6) is 17.2 Å². The first kappa shape index (κ1) is 26.4. The highest BCUT2D eigenvalue weighted by Gasteiger charge is 2.19. The van der Waals surface area contributed by atoms with Crippen LogP contribution in [0.15, 0.2) is 40.9 Å². The van der Waals surface area contributed by atoms with Gasteiger partial charge in [0.05, 0.1) is 21.3 Å². The van der Waals surface area contributed by atoms with E-state index in [0.29, 0.717) is 51.6 Å². The van der Waals surface area contributed by atoms with E-state index >= 15 is 0 Å². The zero-order valence-corrected chi connectivity index (χ0v) is 22.4. The minimum absolute atomic E-state index is 0.104. The number of hydrogen-bond donors (Lipinski definition) is 1. The molecule has 186 valence electrons. The predicted octanol–water partition coefficient (Wildman–Crippen LogP) is 4.87. The number of anilines is 1. The largest absolute Gasteiger partial charge is 0.493 e. The second-order valence-corrected chi connectivity index (χ2v) is 9.32. The molecule has 0 bridgehead atoms. The maximum Gasteiger partial charge on any atom is 0.253 e. The molecule has 0 aliphatic rings. The molecule has 0 fully saturated rings. The smallest absolute Gasteiger partial charge is 0.253 e. The molecule has 3 rings (SSSR count). The highest BCUT2D eigenvalue weighted by Crippen LogP contribution is 2.42. The predicted molar refractivity (Wildman–Crippen MR) is 139 cm³/mol. The molecule has 35 heavy (non-hydrogen) atoms. The van der Waals surface area contributed by atoms with E-state index in [1.165, 1.54) is 32.7 Å². The van der Waals surface area contributed by atoms with E-state index in [0.717, 1.165) is 10.9 Å². The highest BCUT2D eigenvalue weighted by atomic mass is 79.9. The number of carbonyl (C=O) groups excluding carboxylic acids is 2. The Balaban J connectivity index is 1.65. The van der Waals surface area contributed by atoms with Crippen LogP contribution in [0.3, 0.4) is 0 Å². The molecule has 0 aliphatic heterocycles. The van der Waals surface area contributed by atoms with Crippen molar-refractivity contribution in [1.82, 2.24) is 15.1 Å². The van der Waals surface area contributed by atoms with Gasteiger partial charge in [0.1, 0.15) is 5.01 Å². The summed E-state index contributed by atoms with van der Waals surface area (Å²) < 4.78 is 17.0. The first-order valence-corrected chi connectivity index (χ1v) is 12.5. The van der Waals surface area contributed by atoms with Gasteiger partial charge in [0.2, 0.25) is 16.8 Å². The number of methoxy groups -OCH3 is 3. The number of hydrogen-bond acceptors (Lipinski definition) is 8. The van der Waals surface area contributed by atoms with Gasteiger partial charge < -0.3 is 24.4 Å². The van der Waals surface area contributed by atoms with Crippen molar-refractivity contribution in [3.63, 3.8) is 0 Å². The molecule has 2 amide bonds. The first-order valence-electron chi connectivity index (χ1n) is 10.9. The van der Waals surface area contributed by atoms with Gasteiger partial charge in [-0.3, -0.25) is 9.59 Å². The van der Waals surface area contributed by atoms with E-state index in [2.05, 4.69) is 31.4 Å². The van der Waals surface area contributed by atoms with Crippen LogP contribution in [0, 0.1) is 0 Å². The van der Waals surface area contributed by atoms with Gasteiger partial charge in [-0.2, -0.15) is 0 Å². The Kier molecular flexibility index (Phi) is 9.44. The average molecular weight is 563 g/mol. The average Bonchev–Trinajstić information content (AvgIpc) is 3.33. The van der Waals surface area contributed by atoms with Crippen LogP contribution in [-0.2, 0) is 4.79 Å². The fourth-order valence-electron chi connectivity index (χ4n) is 3.37. The first-order chi connectivity index (χ1) is 16.9. The number of amides is 2. The minimum Gasteiger partial charge on any atom is -0.493 e. The summed E-state index contributed by atoms with van der Waals surface area (Å²) in [4.78, 5) is 27.1. The maximum absolute atomic E-state index is 12.9. The molecule has 1 aromatic heterocycles. The monoisotopic (exact) mass is 562 g/mol.